The van der Waals surface area contributed by atoms with Gasteiger partial charge in [-0.2, -0.15) is 0 Å². The Morgan fingerprint density at radius 2 is 1.43 bits per heavy atom. The molecule has 7 nitrogen and oxygen atoms in total. The van der Waals surface area contributed by atoms with Crippen molar-refractivity contribution in [3.8, 4) is 11.5 Å². The highest BCUT2D eigenvalue weighted by Gasteiger charge is 2.37. The van der Waals surface area contributed by atoms with E-state index in [0.717, 1.165) is 0 Å². The van der Waals surface area contributed by atoms with Crippen molar-refractivity contribution in [2.24, 2.45) is 0 Å². The highest BCUT2D eigenvalue weighted by molar-refractivity contribution is 7.61. The summed E-state index contributed by atoms with van der Waals surface area (Å²) < 4.78 is 25.2. The van der Waals surface area contributed by atoms with Crippen LogP contribution in [0.4, 0.5) is 5.69 Å². The Hall–Kier alpha value is -3.70. The predicted octanol–water partition coefficient (Wildman–Crippen LogP) is 5.88. The van der Waals surface area contributed by atoms with Crippen LogP contribution < -0.4 is 9.05 Å². The van der Waals surface area contributed by atoms with Crippen molar-refractivity contribution in [1.82, 2.24) is 0 Å². The molecule has 0 aliphatic carbocycles. The normalized spacial score (nSPS) is 11.6. The van der Waals surface area contributed by atoms with Crippen LogP contribution in [-0.4, -0.2) is 10.7 Å². The lowest BCUT2D eigenvalue weighted by molar-refractivity contribution is -0.384. The van der Waals surface area contributed by atoms with E-state index in [2.05, 4.69) is 0 Å². The summed E-state index contributed by atoms with van der Waals surface area (Å²) in [6.07, 6.45) is 1.29. The maximum atomic E-state index is 13.8. The second-order valence-electron chi connectivity index (χ2n) is 6.24. The summed E-state index contributed by atoms with van der Waals surface area (Å²) in [6, 6.07) is 22.3. The lowest BCUT2D eigenvalue weighted by atomic mass is 10.2. The molecule has 0 spiro atoms. The summed E-state index contributed by atoms with van der Waals surface area (Å²) in [4.78, 5) is 23.0. The van der Waals surface area contributed by atoms with Crippen LogP contribution in [0.2, 0.25) is 0 Å². The summed E-state index contributed by atoms with van der Waals surface area (Å²) >= 11 is 0. The van der Waals surface area contributed by atoms with Crippen LogP contribution in [-0.2, 0) is 9.36 Å². The zero-order valence-corrected chi connectivity index (χ0v) is 16.9. The highest BCUT2D eigenvalue weighted by Crippen LogP contribution is 2.56. The number of nitro groups is 1. The van der Waals surface area contributed by atoms with Gasteiger partial charge < -0.3 is 9.05 Å². The molecule has 3 aromatic rings. The topological polar surface area (TPSA) is 95.7 Å². The zero-order valence-electron chi connectivity index (χ0n) is 16.0. The minimum Gasteiger partial charge on any atom is -0.413 e. The Morgan fingerprint density at radius 3 is 1.90 bits per heavy atom. The largest absolute Gasteiger partial charge is 0.466 e. The van der Waals surface area contributed by atoms with Gasteiger partial charge in [0.25, 0.3) is 5.69 Å². The number of nitrogens with zero attached hydrogens (tertiary/aromatic N) is 1. The van der Waals surface area contributed by atoms with Crippen LogP contribution in [0, 0.1) is 10.1 Å². The number of Topliss-reactive ketones (excluding diaryl/α,β-unsaturated/α-hetero) is 1. The fraction of sp³-hybridized carbons (Fsp3) is 0.0455. The van der Waals surface area contributed by atoms with Crippen LogP contribution in [0.3, 0.4) is 0 Å². The van der Waals surface area contributed by atoms with E-state index >= 15 is 0 Å². The third-order valence-corrected chi connectivity index (χ3v) is 5.91. The Morgan fingerprint density at radius 1 is 0.900 bits per heavy atom. The van der Waals surface area contributed by atoms with Gasteiger partial charge in [-0.1, -0.05) is 48.5 Å². The first-order valence-electron chi connectivity index (χ1n) is 8.94. The van der Waals surface area contributed by atoms with Gasteiger partial charge in [0.05, 0.1) is 4.92 Å². The van der Waals surface area contributed by atoms with E-state index in [0.29, 0.717) is 5.56 Å². The number of para-hydroxylation sites is 2. The second kappa shape index (κ2) is 9.20. The quantitative estimate of drug-likeness (QED) is 0.194. The Kier molecular flexibility index (Phi) is 6.45. The van der Waals surface area contributed by atoms with E-state index in [1.165, 1.54) is 31.2 Å². The fourth-order valence-corrected chi connectivity index (χ4v) is 4.34. The zero-order chi connectivity index (χ0) is 21.6. The summed E-state index contributed by atoms with van der Waals surface area (Å²) in [7, 11) is -4.19. The van der Waals surface area contributed by atoms with Gasteiger partial charge in [-0.25, -0.2) is 4.57 Å². The summed E-state index contributed by atoms with van der Waals surface area (Å²) in [5.74, 6) is -0.0392. The maximum Gasteiger partial charge on any atom is 0.466 e. The third kappa shape index (κ3) is 5.21. The molecule has 0 aliphatic heterocycles. The maximum absolute atomic E-state index is 13.8. The number of benzene rings is 3. The van der Waals surface area contributed by atoms with Crippen molar-refractivity contribution in [2.45, 2.75) is 6.92 Å². The predicted molar refractivity (Wildman–Crippen MR) is 114 cm³/mol. The molecule has 152 valence electrons. The third-order valence-electron chi connectivity index (χ3n) is 3.98. The van der Waals surface area contributed by atoms with E-state index in [1.807, 2.05) is 0 Å². The first-order chi connectivity index (χ1) is 14.4. The van der Waals surface area contributed by atoms with Gasteiger partial charge in [-0.3, -0.25) is 14.9 Å². The van der Waals surface area contributed by atoms with Crippen molar-refractivity contribution in [2.75, 3.05) is 0 Å². The van der Waals surface area contributed by atoms with Gasteiger partial charge in [0.2, 0.25) is 0 Å². The molecule has 0 heterocycles. The number of hydrogen-bond donors (Lipinski definition) is 0. The SMILES string of the molecule is CC(=O)C(=Cc1cccc([N+](=O)[O-])c1)P(=O)(Oc1ccccc1)Oc1ccccc1. The van der Waals surface area contributed by atoms with Crippen LogP contribution >= 0.6 is 7.60 Å². The molecule has 0 saturated heterocycles. The molecule has 0 saturated carbocycles. The Labute approximate surface area is 173 Å². The van der Waals surface area contributed by atoms with E-state index in [9.17, 15) is 19.5 Å². The van der Waals surface area contributed by atoms with Crippen LogP contribution in [0.15, 0.2) is 90.2 Å². The molecular formula is C22H18NO6P. The number of nitro benzene ring substituents is 1. The Balaban J connectivity index is 2.10. The summed E-state index contributed by atoms with van der Waals surface area (Å²) in [5.41, 5.74) is 0.164. The molecule has 0 fully saturated rings. The molecule has 0 bridgehead atoms. The van der Waals surface area contributed by atoms with E-state index in [-0.39, 0.29) is 22.5 Å². The molecule has 3 aromatic carbocycles. The molecular weight excluding hydrogens is 405 g/mol. The molecule has 0 radical (unpaired) electrons. The Bertz CT molecular complexity index is 1080. The summed E-state index contributed by atoms with van der Waals surface area (Å²) in [5, 5.41) is 10.8. The molecule has 0 unspecified atom stereocenters. The molecule has 3 rings (SSSR count). The molecule has 0 aliphatic rings. The van der Waals surface area contributed by atoms with Crippen molar-refractivity contribution >= 4 is 25.1 Å². The van der Waals surface area contributed by atoms with Crippen molar-refractivity contribution < 1.29 is 23.3 Å². The van der Waals surface area contributed by atoms with Crippen LogP contribution in [0.1, 0.15) is 12.5 Å². The van der Waals surface area contributed by atoms with Gasteiger partial charge >= 0.3 is 7.60 Å². The average Bonchev–Trinajstić information content (AvgIpc) is 2.73. The van der Waals surface area contributed by atoms with Gasteiger partial charge in [0.15, 0.2) is 5.78 Å². The monoisotopic (exact) mass is 423 g/mol. The van der Waals surface area contributed by atoms with E-state index < -0.39 is 18.3 Å². The molecule has 0 N–H and O–H groups in total. The van der Waals surface area contributed by atoms with Gasteiger partial charge in [-0.05, 0) is 42.8 Å². The fourth-order valence-electron chi connectivity index (χ4n) is 2.62. The van der Waals surface area contributed by atoms with Gasteiger partial charge in [0, 0.05) is 12.1 Å². The molecule has 30 heavy (non-hydrogen) atoms. The number of carbonyl (C=O) groups is 1. The number of carbonyl (C=O) groups excluding carboxylic acids is 1. The van der Waals surface area contributed by atoms with Crippen LogP contribution in [0.5, 0.6) is 11.5 Å². The first kappa shape index (κ1) is 21.0. The molecule has 0 amide bonds. The van der Waals surface area contributed by atoms with E-state index in [1.54, 1.807) is 66.7 Å². The van der Waals surface area contributed by atoms with Crippen molar-refractivity contribution in [1.29, 1.82) is 0 Å². The first-order valence-corrected chi connectivity index (χ1v) is 10.5. The summed E-state index contributed by atoms with van der Waals surface area (Å²) in [6.45, 7) is 1.23. The number of ketones is 1. The molecule has 0 aromatic heterocycles. The number of rotatable bonds is 8. The minimum absolute atomic E-state index is 0.158. The number of allylic oxidation sites excluding steroid dienone is 1. The van der Waals surface area contributed by atoms with E-state index in [4.69, 9.17) is 9.05 Å². The number of non-ortho nitro benzene ring substituents is 1. The molecule has 8 heteroatoms. The van der Waals surface area contributed by atoms with Crippen LogP contribution in [0.25, 0.3) is 6.08 Å². The molecule has 0 atom stereocenters. The van der Waals surface area contributed by atoms with Crippen molar-refractivity contribution in [3.05, 3.63) is 106 Å². The second-order valence-corrected chi connectivity index (χ2v) is 8.09. The smallest absolute Gasteiger partial charge is 0.413 e. The average molecular weight is 423 g/mol. The van der Waals surface area contributed by atoms with Gasteiger partial charge in [-0.15, -0.1) is 0 Å². The highest BCUT2D eigenvalue weighted by atomic mass is 31.2. The van der Waals surface area contributed by atoms with Crippen molar-refractivity contribution in [3.63, 3.8) is 0 Å². The van der Waals surface area contributed by atoms with Gasteiger partial charge in [0.1, 0.15) is 16.8 Å². The minimum atomic E-state index is -4.19. The lowest BCUT2D eigenvalue weighted by Crippen LogP contribution is -2.09. The standard InChI is InChI=1S/C22H18NO6P/c1-17(24)22(16-18-9-8-10-19(15-18)23(25)26)30(27,28-20-11-4-2-5-12-20)29-21-13-6-3-7-14-21/h2-16H,1H3. The number of hydrogen-bond acceptors (Lipinski definition) is 6. The lowest BCUT2D eigenvalue weighted by Gasteiger charge is -2.21.